The highest BCUT2D eigenvalue weighted by Gasteiger charge is 2.18. The number of benzene rings is 1. The van der Waals surface area contributed by atoms with Crippen molar-refractivity contribution in [1.29, 1.82) is 0 Å². The second-order valence-corrected chi connectivity index (χ2v) is 6.06. The van der Waals surface area contributed by atoms with Gasteiger partial charge in [0.1, 0.15) is 0 Å². The number of ether oxygens (including phenoxy) is 1. The number of carbonyl (C=O) groups is 3. The number of ketones is 1. The summed E-state index contributed by atoms with van der Waals surface area (Å²) in [5.74, 6) is -0.651. The molecule has 1 aromatic carbocycles. The van der Waals surface area contributed by atoms with Gasteiger partial charge in [0.25, 0.3) is 5.91 Å². The quantitative estimate of drug-likeness (QED) is 0.590. The summed E-state index contributed by atoms with van der Waals surface area (Å²) in [5, 5.41) is 2.70. The molecule has 0 heterocycles. The van der Waals surface area contributed by atoms with Crippen LogP contribution in [0.1, 0.15) is 49.5 Å². The first-order valence-corrected chi connectivity index (χ1v) is 7.86. The van der Waals surface area contributed by atoms with E-state index in [1.54, 1.807) is 12.1 Å². The zero-order valence-electron chi connectivity index (χ0n) is 14.2. The molecule has 0 bridgehead atoms. The smallest absolute Gasteiger partial charge is 0.307 e. The number of amides is 1. The summed E-state index contributed by atoms with van der Waals surface area (Å²) in [4.78, 5) is 35.4. The highest BCUT2D eigenvalue weighted by Crippen LogP contribution is 2.08. The Kier molecular flexibility index (Phi) is 7.45. The fraction of sp³-hybridized carbons (Fsp3) is 0.500. The molecule has 0 fully saturated rings. The standard InChI is InChI=1S/C18H25NO4/c1-12(2)11-19-18(22)14(4)23-17(21)10-9-16(20)15-7-5-13(3)6-8-15/h5-8,12,14H,9-11H2,1-4H3,(H,19,22)/t14-/m1/s1. The normalized spacial score (nSPS) is 11.9. The Hall–Kier alpha value is -2.17. The number of Topliss-reactive ketones (excluding diaryl/α,β-unsaturated/α-hetero) is 1. The van der Waals surface area contributed by atoms with E-state index in [1.807, 2.05) is 32.9 Å². The Morgan fingerprint density at radius 2 is 1.65 bits per heavy atom. The topological polar surface area (TPSA) is 72.5 Å². The maximum absolute atomic E-state index is 12.0. The van der Waals surface area contributed by atoms with Crippen LogP contribution in [0.5, 0.6) is 0 Å². The van der Waals surface area contributed by atoms with Crippen LogP contribution in [0.3, 0.4) is 0 Å². The Bertz CT molecular complexity index is 549. The van der Waals surface area contributed by atoms with E-state index in [0.29, 0.717) is 18.0 Å². The molecule has 23 heavy (non-hydrogen) atoms. The predicted octanol–water partition coefficient (Wildman–Crippen LogP) is 2.66. The van der Waals surface area contributed by atoms with Gasteiger partial charge in [0.05, 0.1) is 6.42 Å². The number of carbonyl (C=O) groups excluding carboxylic acids is 3. The molecule has 126 valence electrons. The monoisotopic (exact) mass is 319 g/mol. The molecule has 0 aliphatic carbocycles. The van der Waals surface area contributed by atoms with E-state index in [0.717, 1.165) is 5.56 Å². The lowest BCUT2D eigenvalue weighted by Crippen LogP contribution is -2.37. The van der Waals surface area contributed by atoms with Gasteiger partial charge in [-0.2, -0.15) is 0 Å². The van der Waals surface area contributed by atoms with Gasteiger partial charge in [0, 0.05) is 18.5 Å². The van der Waals surface area contributed by atoms with Crippen LogP contribution in [0.15, 0.2) is 24.3 Å². The Morgan fingerprint density at radius 3 is 2.22 bits per heavy atom. The predicted molar refractivity (Wildman–Crippen MR) is 88.1 cm³/mol. The molecule has 0 unspecified atom stereocenters. The van der Waals surface area contributed by atoms with Crippen molar-refractivity contribution < 1.29 is 19.1 Å². The van der Waals surface area contributed by atoms with Gasteiger partial charge in [-0.3, -0.25) is 14.4 Å². The molecule has 5 nitrogen and oxygen atoms in total. The van der Waals surface area contributed by atoms with Crippen molar-refractivity contribution in [3.63, 3.8) is 0 Å². The van der Waals surface area contributed by atoms with Crippen molar-refractivity contribution in [2.45, 2.75) is 46.6 Å². The van der Waals surface area contributed by atoms with E-state index in [2.05, 4.69) is 5.32 Å². The molecule has 0 radical (unpaired) electrons. The highest BCUT2D eigenvalue weighted by molar-refractivity contribution is 5.97. The van der Waals surface area contributed by atoms with Crippen molar-refractivity contribution in [1.82, 2.24) is 5.32 Å². The molecule has 0 aromatic heterocycles. The third-order valence-corrected chi connectivity index (χ3v) is 3.29. The van der Waals surface area contributed by atoms with Crippen molar-refractivity contribution in [2.24, 2.45) is 5.92 Å². The summed E-state index contributed by atoms with van der Waals surface area (Å²) in [6.45, 7) is 7.96. The van der Waals surface area contributed by atoms with Crippen LogP contribution < -0.4 is 5.32 Å². The minimum atomic E-state index is -0.851. The summed E-state index contributed by atoms with van der Waals surface area (Å²) in [7, 11) is 0. The fourth-order valence-electron chi connectivity index (χ4n) is 1.86. The number of hydrogen-bond acceptors (Lipinski definition) is 4. The fourth-order valence-corrected chi connectivity index (χ4v) is 1.86. The minimum Gasteiger partial charge on any atom is -0.453 e. The summed E-state index contributed by atoms with van der Waals surface area (Å²) in [5.41, 5.74) is 1.65. The maximum atomic E-state index is 12.0. The molecule has 0 saturated carbocycles. The van der Waals surface area contributed by atoms with E-state index < -0.39 is 12.1 Å². The Labute approximate surface area is 137 Å². The zero-order valence-corrected chi connectivity index (χ0v) is 14.2. The van der Waals surface area contributed by atoms with Gasteiger partial charge in [0.2, 0.25) is 0 Å². The molecule has 1 rings (SSSR count). The Balaban J connectivity index is 2.37. The first kappa shape index (κ1) is 18.9. The summed E-state index contributed by atoms with van der Waals surface area (Å²) < 4.78 is 5.05. The van der Waals surface area contributed by atoms with Gasteiger partial charge in [-0.1, -0.05) is 43.7 Å². The van der Waals surface area contributed by atoms with Crippen LogP contribution in [0, 0.1) is 12.8 Å². The third-order valence-electron chi connectivity index (χ3n) is 3.29. The van der Waals surface area contributed by atoms with E-state index >= 15 is 0 Å². The summed E-state index contributed by atoms with van der Waals surface area (Å²) in [6, 6.07) is 7.19. The molecule has 0 spiro atoms. The first-order valence-electron chi connectivity index (χ1n) is 7.86. The average molecular weight is 319 g/mol. The van der Waals surface area contributed by atoms with Crippen LogP contribution in [-0.4, -0.2) is 30.3 Å². The molecule has 5 heteroatoms. The number of esters is 1. The van der Waals surface area contributed by atoms with Gasteiger partial charge < -0.3 is 10.1 Å². The first-order chi connectivity index (χ1) is 10.8. The van der Waals surface area contributed by atoms with Crippen molar-refractivity contribution >= 4 is 17.7 Å². The molecule has 0 aliphatic rings. The van der Waals surface area contributed by atoms with Crippen molar-refractivity contribution in [2.75, 3.05) is 6.54 Å². The van der Waals surface area contributed by atoms with E-state index in [-0.39, 0.29) is 24.5 Å². The molecule has 1 amide bonds. The van der Waals surface area contributed by atoms with E-state index in [9.17, 15) is 14.4 Å². The van der Waals surface area contributed by atoms with Gasteiger partial charge in [-0.05, 0) is 19.8 Å². The lowest BCUT2D eigenvalue weighted by atomic mass is 10.1. The van der Waals surface area contributed by atoms with Gasteiger partial charge in [0.15, 0.2) is 11.9 Å². The Morgan fingerprint density at radius 1 is 1.04 bits per heavy atom. The van der Waals surface area contributed by atoms with Crippen LogP contribution in [-0.2, 0) is 14.3 Å². The van der Waals surface area contributed by atoms with Gasteiger partial charge in [-0.25, -0.2) is 0 Å². The average Bonchev–Trinajstić information content (AvgIpc) is 2.50. The zero-order chi connectivity index (χ0) is 17.4. The van der Waals surface area contributed by atoms with E-state index in [1.165, 1.54) is 6.92 Å². The molecule has 1 atom stereocenters. The molecule has 1 aromatic rings. The second kappa shape index (κ2) is 9.08. The van der Waals surface area contributed by atoms with Crippen molar-refractivity contribution in [3.8, 4) is 0 Å². The number of rotatable bonds is 8. The lowest BCUT2D eigenvalue weighted by Gasteiger charge is -2.14. The van der Waals surface area contributed by atoms with E-state index in [4.69, 9.17) is 4.74 Å². The highest BCUT2D eigenvalue weighted by atomic mass is 16.5. The molecular formula is C18H25NO4. The van der Waals surface area contributed by atoms with Crippen LogP contribution >= 0.6 is 0 Å². The van der Waals surface area contributed by atoms with Gasteiger partial charge >= 0.3 is 5.97 Å². The lowest BCUT2D eigenvalue weighted by molar-refractivity contribution is -0.154. The molecule has 1 N–H and O–H groups in total. The largest absolute Gasteiger partial charge is 0.453 e. The number of nitrogens with one attached hydrogen (secondary N) is 1. The van der Waals surface area contributed by atoms with Crippen molar-refractivity contribution in [3.05, 3.63) is 35.4 Å². The maximum Gasteiger partial charge on any atom is 0.307 e. The summed E-state index contributed by atoms with van der Waals surface area (Å²) in [6.07, 6.45) is -0.813. The molecular weight excluding hydrogens is 294 g/mol. The minimum absolute atomic E-state index is 0.0332. The van der Waals surface area contributed by atoms with Crippen LogP contribution in [0.2, 0.25) is 0 Å². The SMILES string of the molecule is Cc1ccc(C(=O)CCC(=O)O[C@H](C)C(=O)NCC(C)C)cc1. The summed E-state index contributed by atoms with van der Waals surface area (Å²) >= 11 is 0. The molecule has 0 aliphatic heterocycles. The number of aryl methyl sites for hydroxylation is 1. The van der Waals surface area contributed by atoms with Gasteiger partial charge in [-0.15, -0.1) is 0 Å². The third kappa shape index (κ3) is 7.08. The number of hydrogen-bond donors (Lipinski definition) is 1. The second-order valence-electron chi connectivity index (χ2n) is 6.06. The molecule has 0 saturated heterocycles. The van der Waals surface area contributed by atoms with Crippen LogP contribution in [0.25, 0.3) is 0 Å². The van der Waals surface area contributed by atoms with Crippen LogP contribution in [0.4, 0.5) is 0 Å².